The second-order valence-electron chi connectivity index (χ2n) is 6.14. The van der Waals surface area contributed by atoms with Crippen molar-refractivity contribution in [2.45, 2.75) is 32.4 Å². The molecule has 0 unspecified atom stereocenters. The highest BCUT2D eigenvalue weighted by atomic mass is 16.6. The zero-order valence-electron chi connectivity index (χ0n) is 15.7. The Kier molecular flexibility index (Phi) is 8.75. The van der Waals surface area contributed by atoms with Crippen LogP contribution in [0.2, 0.25) is 0 Å². The number of hydrogen-bond donors (Lipinski definition) is 2. The molecule has 7 heteroatoms. The molecule has 1 saturated heterocycles. The van der Waals surface area contributed by atoms with Gasteiger partial charge in [0.1, 0.15) is 0 Å². The standard InChI is InChI=1S/C19H30N4O3/c1-3-26-19(24)23-12-9-17(10-13-23)22-18(20-2)21-11-14-25-15-16-7-5-4-6-8-16/h4-8,17H,3,9-15H2,1-2H3,(H2,20,21,22). The van der Waals surface area contributed by atoms with E-state index in [0.717, 1.165) is 18.8 Å². The van der Waals surface area contributed by atoms with E-state index in [0.29, 0.717) is 45.5 Å². The van der Waals surface area contributed by atoms with Crippen molar-refractivity contribution in [3.8, 4) is 0 Å². The van der Waals surface area contributed by atoms with Crippen LogP contribution >= 0.6 is 0 Å². The minimum Gasteiger partial charge on any atom is -0.450 e. The average molecular weight is 362 g/mol. The van der Waals surface area contributed by atoms with Crippen LogP contribution in [0.1, 0.15) is 25.3 Å². The normalized spacial score (nSPS) is 15.6. The zero-order chi connectivity index (χ0) is 18.6. The maximum Gasteiger partial charge on any atom is 0.409 e. The van der Waals surface area contributed by atoms with Crippen molar-refractivity contribution in [1.82, 2.24) is 15.5 Å². The molecule has 1 fully saturated rings. The molecule has 7 nitrogen and oxygen atoms in total. The lowest BCUT2D eigenvalue weighted by Gasteiger charge is -2.32. The highest BCUT2D eigenvalue weighted by Gasteiger charge is 2.23. The Morgan fingerprint density at radius 3 is 2.65 bits per heavy atom. The van der Waals surface area contributed by atoms with Crippen LogP contribution in [0.5, 0.6) is 0 Å². The monoisotopic (exact) mass is 362 g/mol. The summed E-state index contributed by atoms with van der Waals surface area (Å²) >= 11 is 0. The van der Waals surface area contributed by atoms with E-state index in [4.69, 9.17) is 9.47 Å². The molecule has 1 aromatic carbocycles. The number of piperidine rings is 1. The van der Waals surface area contributed by atoms with Crippen molar-refractivity contribution in [3.63, 3.8) is 0 Å². The lowest BCUT2D eigenvalue weighted by Crippen LogP contribution is -2.50. The maximum atomic E-state index is 11.7. The molecule has 0 saturated carbocycles. The summed E-state index contributed by atoms with van der Waals surface area (Å²) < 4.78 is 10.7. The summed E-state index contributed by atoms with van der Waals surface area (Å²) in [5.74, 6) is 0.767. The molecule has 0 aromatic heterocycles. The van der Waals surface area contributed by atoms with Crippen molar-refractivity contribution in [2.75, 3.05) is 39.9 Å². The van der Waals surface area contributed by atoms with Gasteiger partial charge in [0.15, 0.2) is 5.96 Å². The smallest absolute Gasteiger partial charge is 0.409 e. The van der Waals surface area contributed by atoms with Crippen LogP contribution in [0.15, 0.2) is 35.3 Å². The molecule has 26 heavy (non-hydrogen) atoms. The number of aliphatic imine (C=N–C) groups is 1. The second-order valence-corrected chi connectivity index (χ2v) is 6.14. The Morgan fingerprint density at radius 1 is 1.27 bits per heavy atom. The van der Waals surface area contributed by atoms with E-state index < -0.39 is 0 Å². The summed E-state index contributed by atoms with van der Waals surface area (Å²) in [6.45, 7) is 5.55. The number of ether oxygens (including phenoxy) is 2. The summed E-state index contributed by atoms with van der Waals surface area (Å²) in [6.07, 6.45) is 1.54. The Labute approximate surface area is 155 Å². The predicted octanol–water partition coefficient (Wildman–Crippen LogP) is 1.99. The number of guanidine groups is 1. The molecule has 2 N–H and O–H groups in total. The minimum atomic E-state index is -0.218. The van der Waals surface area contributed by atoms with Gasteiger partial charge >= 0.3 is 6.09 Å². The second kappa shape index (κ2) is 11.4. The number of hydrogen-bond acceptors (Lipinski definition) is 4. The Bertz CT molecular complexity index is 557. The van der Waals surface area contributed by atoms with Gasteiger partial charge < -0.3 is 25.0 Å². The van der Waals surface area contributed by atoms with Gasteiger partial charge in [-0.15, -0.1) is 0 Å². The summed E-state index contributed by atoms with van der Waals surface area (Å²) in [4.78, 5) is 17.7. The van der Waals surface area contributed by atoms with Crippen LogP contribution in [-0.2, 0) is 16.1 Å². The fourth-order valence-corrected chi connectivity index (χ4v) is 2.82. The van der Waals surface area contributed by atoms with E-state index in [1.54, 1.807) is 11.9 Å². The topological polar surface area (TPSA) is 75.2 Å². The van der Waals surface area contributed by atoms with Gasteiger partial charge in [-0.05, 0) is 25.3 Å². The molecule has 1 heterocycles. The van der Waals surface area contributed by atoms with Gasteiger partial charge in [-0.3, -0.25) is 4.99 Å². The molecule has 0 aliphatic carbocycles. The molecular weight excluding hydrogens is 332 g/mol. The number of rotatable bonds is 7. The van der Waals surface area contributed by atoms with Crippen molar-refractivity contribution in [3.05, 3.63) is 35.9 Å². The first-order chi connectivity index (χ1) is 12.7. The van der Waals surface area contributed by atoms with Crippen LogP contribution in [0, 0.1) is 0 Å². The van der Waals surface area contributed by atoms with Gasteiger partial charge in [0.25, 0.3) is 0 Å². The molecule has 1 aromatic rings. The molecule has 1 aliphatic rings. The molecular formula is C19H30N4O3. The van der Waals surface area contributed by atoms with Crippen molar-refractivity contribution >= 4 is 12.1 Å². The van der Waals surface area contributed by atoms with Crippen LogP contribution in [-0.4, -0.2) is 62.9 Å². The predicted molar refractivity (Wildman–Crippen MR) is 102 cm³/mol. The number of carbonyl (C=O) groups is 1. The molecule has 2 rings (SSSR count). The summed E-state index contributed by atoms with van der Waals surface area (Å²) in [5.41, 5.74) is 1.17. The van der Waals surface area contributed by atoms with E-state index in [2.05, 4.69) is 27.8 Å². The van der Waals surface area contributed by atoms with E-state index in [9.17, 15) is 4.79 Å². The first-order valence-corrected chi connectivity index (χ1v) is 9.23. The van der Waals surface area contributed by atoms with E-state index in [1.165, 1.54) is 5.56 Å². The molecule has 0 radical (unpaired) electrons. The highest BCUT2D eigenvalue weighted by Crippen LogP contribution is 2.11. The van der Waals surface area contributed by atoms with E-state index in [-0.39, 0.29) is 6.09 Å². The number of amides is 1. The van der Waals surface area contributed by atoms with Crippen molar-refractivity contribution < 1.29 is 14.3 Å². The molecule has 0 bridgehead atoms. The van der Waals surface area contributed by atoms with E-state index >= 15 is 0 Å². The first-order valence-electron chi connectivity index (χ1n) is 9.23. The van der Waals surface area contributed by atoms with Crippen LogP contribution in [0.3, 0.4) is 0 Å². The summed E-state index contributed by atoms with van der Waals surface area (Å²) in [6, 6.07) is 10.4. The van der Waals surface area contributed by atoms with Gasteiger partial charge in [0, 0.05) is 32.7 Å². The van der Waals surface area contributed by atoms with Crippen molar-refractivity contribution in [2.24, 2.45) is 4.99 Å². The maximum absolute atomic E-state index is 11.7. The van der Waals surface area contributed by atoms with Crippen LogP contribution in [0.25, 0.3) is 0 Å². The third kappa shape index (κ3) is 6.92. The molecule has 144 valence electrons. The Morgan fingerprint density at radius 2 is 2.00 bits per heavy atom. The van der Waals surface area contributed by atoms with Gasteiger partial charge in [0.2, 0.25) is 0 Å². The van der Waals surface area contributed by atoms with Gasteiger partial charge in [0.05, 0.1) is 19.8 Å². The zero-order valence-corrected chi connectivity index (χ0v) is 15.7. The first kappa shape index (κ1) is 20.0. The fourth-order valence-electron chi connectivity index (χ4n) is 2.82. The minimum absolute atomic E-state index is 0.218. The largest absolute Gasteiger partial charge is 0.450 e. The lowest BCUT2D eigenvalue weighted by atomic mass is 10.1. The number of nitrogens with one attached hydrogen (secondary N) is 2. The molecule has 0 spiro atoms. The number of likely N-dealkylation sites (tertiary alicyclic amines) is 1. The van der Waals surface area contributed by atoms with Crippen molar-refractivity contribution in [1.29, 1.82) is 0 Å². The van der Waals surface area contributed by atoms with E-state index in [1.807, 2.05) is 25.1 Å². The SMILES string of the molecule is CCOC(=O)N1CCC(NC(=NC)NCCOCc2ccccc2)CC1. The van der Waals surface area contributed by atoms with Gasteiger partial charge in [-0.25, -0.2) is 4.79 Å². The number of carbonyl (C=O) groups excluding carboxylic acids is 1. The molecule has 0 atom stereocenters. The van der Waals surface area contributed by atoms with Crippen LogP contribution in [0.4, 0.5) is 4.79 Å². The highest BCUT2D eigenvalue weighted by molar-refractivity contribution is 5.80. The molecule has 1 aliphatic heterocycles. The van der Waals surface area contributed by atoms with Gasteiger partial charge in [-0.1, -0.05) is 30.3 Å². The third-order valence-electron chi connectivity index (χ3n) is 4.24. The average Bonchev–Trinajstić information content (AvgIpc) is 2.68. The number of benzene rings is 1. The summed E-state index contributed by atoms with van der Waals surface area (Å²) in [5, 5.41) is 6.68. The fraction of sp³-hybridized carbons (Fsp3) is 0.579. The Balaban J connectivity index is 1.60. The number of nitrogens with zero attached hydrogens (tertiary/aromatic N) is 2. The summed E-state index contributed by atoms with van der Waals surface area (Å²) in [7, 11) is 1.76. The lowest BCUT2D eigenvalue weighted by molar-refractivity contribution is 0.0962. The molecule has 1 amide bonds. The van der Waals surface area contributed by atoms with Crippen LogP contribution < -0.4 is 10.6 Å². The quantitative estimate of drug-likeness (QED) is 0.441. The van der Waals surface area contributed by atoms with Gasteiger partial charge in [-0.2, -0.15) is 0 Å². The third-order valence-corrected chi connectivity index (χ3v) is 4.24. The Hall–Kier alpha value is -2.28.